The SMILES string of the molecule is Cc1cc(Nc2ccc(F)c(CC3(C(=O)O)CCN(C(=O)c4cccc(Cl)c4Cl)CC3)n2)n[nH]1. The van der Waals surface area contributed by atoms with Gasteiger partial charge in [0, 0.05) is 31.3 Å². The van der Waals surface area contributed by atoms with E-state index in [0.717, 1.165) is 5.69 Å². The van der Waals surface area contributed by atoms with E-state index >= 15 is 0 Å². The summed E-state index contributed by atoms with van der Waals surface area (Å²) in [6.45, 7) is 2.20. The van der Waals surface area contributed by atoms with Crippen LogP contribution in [0.3, 0.4) is 0 Å². The third kappa shape index (κ3) is 4.85. The molecule has 34 heavy (non-hydrogen) atoms. The molecule has 0 spiro atoms. The fourth-order valence-corrected chi connectivity index (χ4v) is 4.44. The Morgan fingerprint density at radius 3 is 2.59 bits per heavy atom. The summed E-state index contributed by atoms with van der Waals surface area (Å²) in [5.41, 5.74) is -0.117. The molecule has 2 aromatic heterocycles. The van der Waals surface area contributed by atoms with Gasteiger partial charge >= 0.3 is 5.97 Å². The predicted molar refractivity (Wildman–Crippen MR) is 126 cm³/mol. The molecule has 0 bridgehead atoms. The Labute approximate surface area is 205 Å². The summed E-state index contributed by atoms with van der Waals surface area (Å²) in [6, 6.07) is 9.28. The van der Waals surface area contributed by atoms with Gasteiger partial charge in [-0.05, 0) is 44.0 Å². The predicted octanol–water partition coefficient (Wildman–Crippen LogP) is 4.85. The molecule has 3 aromatic rings. The molecule has 4 rings (SSSR count). The number of amides is 1. The number of likely N-dealkylation sites (tertiary alicyclic amines) is 1. The summed E-state index contributed by atoms with van der Waals surface area (Å²) < 4.78 is 14.6. The van der Waals surface area contributed by atoms with Crippen LogP contribution in [0, 0.1) is 18.2 Å². The molecule has 0 unspecified atom stereocenters. The molecule has 0 radical (unpaired) electrons. The average molecular weight is 506 g/mol. The van der Waals surface area contributed by atoms with E-state index in [1.54, 1.807) is 29.2 Å². The van der Waals surface area contributed by atoms with Crippen LogP contribution in [0.1, 0.15) is 34.6 Å². The summed E-state index contributed by atoms with van der Waals surface area (Å²) in [6.07, 6.45) is 0.177. The Kier molecular flexibility index (Phi) is 6.77. The fraction of sp³-hybridized carbons (Fsp3) is 0.304. The van der Waals surface area contributed by atoms with Gasteiger partial charge in [0.2, 0.25) is 0 Å². The minimum Gasteiger partial charge on any atom is -0.481 e. The van der Waals surface area contributed by atoms with Gasteiger partial charge in [0.15, 0.2) is 5.82 Å². The van der Waals surface area contributed by atoms with Gasteiger partial charge in [0.25, 0.3) is 5.91 Å². The molecule has 1 aromatic carbocycles. The number of carbonyl (C=O) groups is 2. The number of hydrogen-bond acceptors (Lipinski definition) is 5. The van der Waals surface area contributed by atoms with Gasteiger partial charge in [-0.15, -0.1) is 0 Å². The number of aryl methyl sites for hydroxylation is 1. The average Bonchev–Trinajstić information content (AvgIpc) is 3.22. The molecule has 1 aliphatic rings. The van der Waals surface area contributed by atoms with Crippen molar-refractivity contribution in [2.24, 2.45) is 5.41 Å². The molecule has 178 valence electrons. The Hall–Kier alpha value is -3.17. The highest BCUT2D eigenvalue weighted by molar-refractivity contribution is 6.43. The lowest BCUT2D eigenvalue weighted by Crippen LogP contribution is -2.47. The largest absolute Gasteiger partial charge is 0.481 e. The first-order chi connectivity index (χ1) is 16.2. The summed E-state index contributed by atoms with van der Waals surface area (Å²) >= 11 is 12.2. The highest BCUT2D eigenvalue weighted by atomic mass is 35.5. The highest BCUT2D eigenvalue weighted by Gasteiger charge is 2.43. The minimum atomic E-state index is -1.26. The number of hydrogen-bond donors (Lipinski definition) is 3. The Bertz CT molecular complexity index is 1240. The molecule has 0 aliphatic carbocycles. The normalized spacial score (nSPS) is 15.2. The maximum absolute atomic E-state index is 14.6. The van der Waals surface area contributed by atoms with Crippen molar-refractivity contribution in [1.82, 2.24) is 20.1 Å². The van der Waals surface area contributed by atoms with E-state index in [1.807, 2.05) is 6.92 Å². The van der Waals surface area contributed by atoms with Crippen LogP contribution in [-0.4, -0.2) is 50.2 Å². The van der Waals surface area contributed by atoms with Gasteiger partial charge in [-0.25, -0.2) is 9.37 Å². The smallest absolute Gasteiger partial charge is 0.310 e. The van der Waals surface area contributed by atoms with Gasteiger partial charge < -0.3 is 15.3 Å². The van der Waals surface area contributed by atoms with Crippen molar-refractivity contribution in [3.05, 3.63) is 69.2 Å². The second kappa shape index (κ2) is 9.60. The number of H-pyrrole nitrogens is 1. The lowest BCUT2D eigenvalue weighted by atomic mass is 9.74. The van der Waals surface area contributed by atoms with E-state index in [-0.39, 0.29) is 59.6 Å². The van der Waals surface area contributed by atoms with Crippen molar-refractivity contribution < 1.29 is 19.1 Å². The zero-order valence-electron chi connectivity index (χ0n) is 18.2. The number of nitrogens with one attached hydrogen (secondary N) is 2. The third-order valence-electron chi connectivity index (χ3n) is 6.03. The van der Waals surface area contributed by atoms with E-state index in [4.69, 9.17) is 23.2 Å². The van der Waals surface area contributed by atoms with E-state index in [2.05, 4.69) is 20.5 Å². The first-order valence-electron chi connectivity index (χ1n) is 10.6. The molecule has 1 saturated heterocycles. The zero-order valence-corrected chi connectivity index (χ0v) is 19.8. The summed E-state index contributed by atoms with van der Waals surface area (Å²) in [7, 11) is 0. The monoisotopic (exact) mass is 505 g/mol. The number of aromatic amines is 1. The molecule has 1 amide bonds. The number of carboxylic acid groups (broad SMARTS) is 1. The Morgan fingerprint density at radius 1 is 1.21 bits per heavy atom. The van der Waals surface area contributed by atoms with Crippen molar-refractivity contribution in [2.45, 2.75) is 26.2 Å². The van der Waals surface area contributed by atoms with Crippen molar-refractivity contribution in [3.63, 3.8) is 0 Å². The van der Waals surface area contributed by atoms with Crippen LogP contribution in [0.4, 0.5) is 16.0 Å². The van der Waals surface area contributed by atoms with Crippen LogP contribution < -0.4 is 5.32 Å². The minimum absolute atomic E-state index is 0.0392. The summed E-state index contributed by atoms with van der Waals surface area (Å²) in [4.78, 5) is 31.1. The molecular formula is C23H22Cl2FN5O3. The summed E-state index contributed by atoms with van der Waals surface area (Å²) in [5.74, 6) is -1.10. The standard InChI is InChI=1S/C23H22Cl2FN5O3/c1-13-11-19(30-29-13)28-18-6-5-16(26)17(27-18)12-23(22(33)34)7-9-31(10-8-23)21(32)14-3-2-4-15(24)20(14)25/h2-6,11H,7-10,12H2,1H3,(H,33,34)(H2,27,28,29,30). The maximum Gasteiger partial charge on any atom is 0.310 e. The molecule has 3 heterocycles. The van der Waals surface area contributed by atoms with Gasteiger partial charge in [-0.1, -0.05) is 29.3 Å². The highest BCUT2D eigenvalue weighted by Crippen LogP contribution is 2.37. The van der Waals surface area contributed by atoms with Gasteiger partial charge in [0.1, 0.15) is 11.6 Å². The van der Waals surface area contributed by atoms with Crippen LogP contribution in [0.25, 0.3) is 0 Å². The maximum atomic E-state index is 14.6. The van der Waals surface area contributed by atoms with Gasteiger partial charge in [-0.3, -0.25) is 14.7 Å². The Morgan fingerprint density at radius 2 is 1.94 bits per heavy atom. The van der Waals surface area contributed by atoms with Crippen molar-refractivity contribution in [2.75, 3.05) is 18.4 Å². The van der Waals surface area contributed by atoms with E-state index in [9.17, 15) is 19.1 Å². The number of benzene rings is 1. The number of carbonyl (C=O) groups excluding carboxylic acids is 1. The molecule has 3 N–H and O–H groups in total. The number of piperidine rings is 1. The number of nitrogens with zero attached hydrogens (tertiary/aromatic N) is 3. The molecule has 1 aliphatic heterocycles. The van der Waals surface area contributed by atoms with Crippen molar-refractivity contribution in [3.8, 4) is 0 Å². The van der Waals surface area contributed by atoms with Crippen LogP contribution >= 0.6 is 23.2 Å². The number of rotatable bonds is 6. The number of aliphatic carboxylic acids is 1. The summed E-state index contributed by atoms with van der Waals surface area (Å²) in [5, 5.41) is 20.3. The van der Waals surface area contributed by atoms with Crippen LogP contribution in [0.2, 0.25) is 10.0 Å². The van der Waals surface area contributed by atoms with Crippen molar-refractivity contribution >= 4 is 46.7 Å². The van der Waals surface area contributed by atoms with E-state index in [1.165, 1.54) is 12.1 Å². The van der Waals surface area contributed by atoms with Crippen LogP contribution in [0.5, 0.6) is 0 Å². The topological polar surface area (TPSA) is 111 Å². The van der Waals surface area contributed by atoms with E-state index in [0.29, 0.717) is 11.6 Å². The van der Waals surface area contributed by atoms with Crippen LogP contribution in [-0.2, 0) is 11.2 Å². The molecular weight excluding hydrogens is 484 g/mol. The molecule has 11 heteroatoms. The number of carboxylic acids is 1. The first kappa shape index (κ1) is 24.0. The first-order valence-corrected chi connectivity index (χ1v) is 11.4. The Balaban J connectivity index is 1.51. The third-order valence-corrected chi connectivity index (χ3v) is 6.85. The second-order valence-corrected chi connectivity index (χ2v) is 9.13. The molecule has 1 fully saturated rings. The molecule has 0 atom stereocenters. The number of anilines is 2. The quantitative estimate of drug-likeness (QED) is 0.441. The zero-order chi connectivity index (χ0) is 24.5. The fourth-order valence-electron chi connectivity index (χ4n) is 4.06. The van der Waals surface area contributed by atoms with Gasteiger partial charge in [0.05, 0.1) is 26.7 Å². The second-order valence-electron chi connectivity index (χ2n) is 8.34. The van der Waals surface area contributed by atoms with E-state index < -0.39 is 17.2 Å². The lowest BCUT2D eigenvalue weighted by Gasteiger charge is -2.39. The van der Waals surface area contributed by atoms with Crippen LogP contribution in [0.15, 0.2) is 36.4 Å². The number of halogens is 3. The molecule has 8 nitrogen and oxygen atoms in total. The lowest BCUT2D eigenvalue weighted by molar-refractivity contribution is -0.151. The van der Waals surface area contributed by atoms with Crippen molar-refractivity contribution in [1.29, 1.82) is 0 Å². The van der Waals surface area contributed by atoms with Gasteiger partial charge in [-0.2, -0.15) is 5.10 Å². The molecule has 0 saturated carbocycles. The number of pyridine rings is 1. The number of aromatic nitrogens is 3.